The lowest BCUT2D eigenvalue weighted by atomic mass is 10.2. The first kappa shape index (κ1) is 16.1. The number of benzene rings is 2. The summed E-state index contributed by atoms with van der Waals surface area (Å²) in [7, 11) is -2.77. The lowest BCUT2D eigenvalue weighted by Crippen LogP contribution is -2.27. The van der Waals surface area contributed by atoms with Gasteiger partial charge in [0, 0.05) is 18.1 Å². The highest BCUT2D eigenvalue weighted by molar-refractivity contribution is 9.10. The highest BCUT2D eigenvalue weighted by Crippen LogP contribution is 2.21. The molecule has 112 valence electrons. The van der Waals surface area contributed by atoms with Gasteiger partial charge in [0.2, 0.25) is 10.0 Å². The Morgan fingerprint density at radius 1 is 1.10 bits per heavy atom. The van der Waals surface area contributed by atoms with E-state index in [1.54, 1.807) is 24.3 Å². The summed E-state index contributed by atoms with van der Waals surface area (Å²) in [6.07, 6.45) is 0. The van der Waals surface area contributed by atoms with Gasteiger partial charge in [-0.1, -0.05) is 28.1 Å². The molecule has 2 aromatic carbocycles. The molecule has 0 fully saturated rings. The molecule has 21 heavy (non-hydrogen) atoms. The molecule has 3 nitrogen and oxygen atoms in total. The van der Waals surface area contributed by atoms with Crippen molar-refractivity contribution in [1.82, 2.24) is 4.31 Å². The molecule has 0 unspecified atom stereocenters. The van der Waals surface area contributed by atoms with Crippen molar-refractivity contribution >= 4 is 26.0 Å². The molecule has 0 saturated carbocycles. The van der Waals surface area contributed by atoms with E-state index in [0.717, 1.165) is 26.5 Å². The highest BCUT2D eigenvalue weighted by atomic mass is 79.9. The molecule has 0 aromatic heterocycles. The largest absolute Gasteiger partial charge is 0.246 e. The minimum atomic E-state index is -4.09. The molecule has 0 aliphatic heterocycles. The van der Waals surface area contributed by atoms with Crippen molar-refractivity contribution in [3.63, 3.8) is 0 Å². The zero-order valence-corrected chi connectivity index (χ0v) is 13.5. The molecule has 0 aliphatic carbocycles. The molecule has 0 N–H and O–H groups in total. The summed E-state index contributed by atoms with van der Waals surface area (Å²) >= 11 is 3.28. The molecule has 7 heteroatoms. The van der Waals surface area contributed by atoms with E-state index in [0.29, 0.717) is 6.07 Å². The summed E-state index contributed by atoms with van der Waals surface area (Å²) in [4.78, 5) is -0.665. The summed E-state index contributed by atoms with van der Waals surface area (Å²) in [6, 6.07) is 9.41. The number of hydrogen-bond donors (Lipinski definition) is 0. The molecule has 2 aromatic rings. The van der Waals surface area contributed by atoms with Gasteiger partial charge in [-0.3, -0.25) is 0 Å². The van der Waals surface area contributed by atoms with Gasteiger partial charge in [-0.25, -0.2) is 17.2 Å². The van der Waals surface area contributed by atoms with Crippen LogP contribution in [0.1, 0.15) is 5.56 Å². The van der Waals surface area contributed by atoms with Crippen molar-refractivity contribution in [1.29, 1.82) is 0 Å². The van der Waals surface area contributed by atoms with Crippen molar-refractivity contribution in [2.24, 2.45) is 0 Å². The Balaban J connectivity index is 2.30. The summed E-state index contributed by atoms with van der Waals surface area (Å²) in [6.45, 7) is 0.0611. The Bertz CT molecular complexity index is 748. The van der Waals surface area contributed by atoms with Gasteiger partial charge in [-0.15, -0.1) is 0 Å². The maximum Gasteiger partial charge on any atom is 0.246 e. The van der Waals surface area contributed by atoms with E-state index in [2.05, 4.69) is 15.9 Å². The predicted octanol–water partition coefficient (Wildman–Crippen LogP) is 3.55. The topological polar surface area (TPSA) is 37.4 Å². The van der Waals surface area contributed by atoms with Crippen molar-refractivity contribution in [3.05, 3.63) is 64.1 Å². The van der Waals surface area contributed by atoms with Crippen molar-refractivity contribution in [2.45, 2.75) is 11.4 Å². The van der Waals surface area contributed by atoms with Crippen LogP contribution in [-0.2, 0) is 16.6 Å². The van der Waals surface area contributed by atoms with Crippen LogP contribution in [0.2, 0.25) is 0 Å². The standard InChI is InChI=1S/C14H12BrF2NO2S/c1-18(9-10-2-4-11(15)5-3-10)21(19,20)14-8-12(16)6-7-13(14)17/h2-8H,9H2,1H3. The van der Waals surface area contributed by atoms with E-state index in [1.165, 1.54) is 7.05 Å². The normalized spacial score (nSPS) is 11.9. The van der Waals surface area contributed by atoms with Gasteiger partial charge in [0.1, 0.15) is 16.5 Å². The van der Waals surface area contributed by atoms with Gasteiger partial charge in [0.05, 0.1) is 0 Å². The zero-order chi connectivity index (χ0) is 15.6. The second-order valence-corrected chi connectivity index (χ2v) is 7.39. The van der Waals surface area contributed by atoms with E-state index in [9.17, 15) is 17.2 Å². The number of sulfonamides is 1. The maximum absolute atomic E-state index is 13.6. The minimum absolute atomic E-state index is 0.0611. The minimum Gasteiger partial charge on any atom is -0.207 e. The quantitative estimate of drug-likeness (QED) is 0.819. The average Bonchev–Trinajstić information content (AvgIpc) is 2.43. The van der Waals surface area contributed by atoms with Crippen LogP contribution in [0.3, 0.4) is 0 Å². The van der Waals surface area contributed by atoms with Crippen LogP contribution >= 0.6 is 15.9 Å². The number of nitrogens with zero attached hydrogens (tertiary/aromatic N) is 1. The average molecular weight is 376 g/mol. The first-order chi connectivity index (χ1) is 9.80. The van der Waals surface area contributed by atoms with Crippen LogP contribution in [0.5, 0.6) is 0 Å². The molecule has 2 rings (SSSR count). The molecule has 0 spiro atoms. The number of hydrogen-bond acceptors (Lipinski definition) is 2. The molecule has 0 saturated heterocycles. The molecular weight excluding hydrogens is 364 g/mol. The van der Waals surface area contributed by atoms with E-state index < -0.39 is 26.6 Å². The fraction of sp³-hybridized carbons (Fsp3) is 0.143. The lowest BCUT2D eigenvalue weighted by Gasteiger charge is -2.17. The second kappa shape index (κ2) is 6.21. The highest BCUT2D eigenvalue weighted by Gasteiger charge is 2.25. The van der Waals surface area contributed by atoms with Gasteiger partial charge in [0.15, 0.2) is 0 Å². The third-order valence-corrected chi connectivity index (χ3v) is 5.25. The predicted molar refractivity (Wildman–Crippen MR) is 79.2 cm³/mol. The maximum atomic E-state index is 13.6. The van der Waals surface area contributed by atoms with Crippen LogP contribution < -0.4 is 0 Å². The summed E-state index contributed by atoms with van der Waals surface area (Å²) < 4.78 is 53.2. The molecule has 0 amide bonds. The van der Waals surface area contributed by atoms with Crippen LogP contribution in [0.25, 0.3) is 0 Å². The van der Waals surface area contributed by atoms with Crippen LogP contribution in [-0.4, -0.2) is 19.8 Å². The third kappa shape index (κ3) is 3.66. The van der Waals surface area contributed by atoms with Gasteiger partial charge < -0.3 is 0 Å². The summed E-state index contributed by atoms with van der Waals surface area (Å²) in [5.41, 5.74) is 0.737. The number of rotatable bonds is 4. The van der Waals surface area contributed by atoms with E-state index in [-0.39, 0.29) is 6.54 Å². The second-order valence-electron chi connectivity index (χ2n) is 4.46. The Kier molecular flexibility index (Phi) is 4.75. The Morgan fingerprint density at radius 3 is 2.33 bits per heavy atom. The monoisotopic (exact) mass is 375 g/mol. The van der Waals surface area contributed by atoms with Crippen LogP contribution in [0, 0.1) is 11.6 Å². The third-order valence-electron chi connectivity index (χ3n) is 2.90. The summed E-state index contributed by atoms with van der Waals surface area (Å²) in [5.74, 6) is -1.77. The van der Waals surface area contributed by atoms with Gasteiger partial charge >= 0.3 is 0 Å². The zero-order valence-electron chi connectivity index (χ0n) is 11.1. The van der Waals surface area contributed by atoms with E-state index >= 15 is 0 Å². The summed E-state index contributed by atoms with van der Waals surface area (Å²) in [5, 5.41) is 0. The molecular formula is C14H12BrF2NO2S. The Morgan fingerprint density at radius 2 is 1.71 bits per heavy atom. The molecule has 0 radical (unpaired) electrons. The first-order valence-electron chi connectivity index (χ1n) is 5.96. The lowest BCUT2D eigenvalue weighted by molar-refractivity contribution is 0.458. The van der Waals surface area contributed by atoms with E-state index in [4.69, 9.17) is 0 Å². The van der Waals surface area contributed by atoms with Gasteiger partial charge in [0.25, 0.3) is 0 Å². The van der Waals surface area contributed by atoms with Crippen molar-refractivity contribution in [3.8, 4) is 0 Å². The van der Waals surface area contributed by atoms with Crippen LogP contribution in [0.4, 0.5) is 8.78 Å². The van der Waals surface area contributed by atoms with Gasteiger partial charge in [-0.2, -0.15) is 4.31 Å². The fourth-order valence-corrected chi connectivity index (χ4v) is 3.27. The molecule has 0 heterocycles. The SMILES string of the molecule is CN(Cc1ccc(Br)cc1)S(=O)(=O)c1cc(F)ccc1F. The first-order valence-corrected chi connectivity index (χ1v) is 8.20. The smallest absolute Gasteiger partial charge is 0.207 e. The van der Waals surface area contributed by atoms with Crippen molar-refractivity contribution < 1.29 is 17.2 Å². The fourth-order valence-electron chi connectivity index (χ4n) is 1.77. The molecule has 0 atom stereocenters. The van der Waals surface area contributed by atoms with Crippen molar-refractivity contribution in [2.75, 3.05) is 7.05 Å². The Labute approximate surface area is 130 Å². The van der Waals surface area contributed by atoms with Crippen LogP contribution in [0.15, 0.2) is 51.8 Å². The van der Waals surface area contributed by atoms with Gasteiger partial charge in [-0.05, 0) is 35.9 Å². The molecule has 0 bridgehead atoms. The number of halogens is 3. The Hall–Kier alpha value is -1.31. The molecule has 0 aliphatic rings. The van der Waals surface area contributed by atoms with E-state index in [1.807, 2.05) is 0 Å².